The Kier molecular flexibility index (Phi) is 4.03. The van der Waals surface area contributed by atoms with Gasteiger partial charge in [0, 0.05) is 18.8 Å². The van der Waals surface area contributed by atoms with E-state index in [0.29, 0.717) is 11.1 Å². The van der Waals surface area contributed by atoms with Crippen molar-refractivity contribution in [1.82, 2.24) is 4.90 Å². The molecule has 0 unspecified atom stereocenters. The van der Waals surface area contributed by atoms with Gasteiger partial charge in [0.2, 0.25) is 11.5 Å². The Morgan fingerprint density at radius 1 is 1.28 bits per heavy atom. The van der Waals surface area contributed by atoms with Gasteiger partial charge in [-0.3, -0.25) is 4.79 Å². The van der Waals surface area contributed by atoms with Crippen molar-refractivity contribution < 1.29 is 27.6 Å². The molecule has 0 aromatic heterocycles. The molecule has 25 heavy (non-hydrogen) atoms. The first-order valence-electron chi connectivity index (χ1n) is 7.00. The summed E-state index contributed by atoms with van der Waals surface area (Å²) < 4.78 is 40.2. The normalized spacial score (nSPS) is 16.8. The molecule has 0 spiro atoms. The van der Waals surface area contributed by atoms with Gasteiger partial charge < -0.3 is 19.8 Å². The molecule has 0 amide bonds. The number of hydrogen-bond donors (Lipinski definition) is 0. The number of nitrogens with zero attached hydrogens (tertiary/aromatic N) is 3. The van der Waals surface area contributed by atoms with Crippen LogP contribution in [-0.4, -0.2) is 34.2 Å². The molecule has 2 heterocycles. The van der Waals surface area contributed by atoms with Gasteiger partial charge in [0.25, 0.3) is 0 Å². The minimum Gasteiger partial charge on any atom is -0.406 e. The molecule has 0 atom stereocenters. The second-order valence-corrected chi connectivity index (χ2v) is 5.32. The highest BCUT2D eigenvalue weighted by molar-refractivity contribution is 6.49. The van der Waals surface area contributed by atoms with Gasteiger partial charge in [0.1, 0.15) is 5.75 Å². The molecule has 3 rings (SSSR count). The number of fused-ring (bicyclic) bond motifs is 1. The first kappa shape index (κ1) is 16.7. The van der Waals surface area contributed by atoms with Crippen molar-refractivity contribution in [3.63, 3.8) is 0 Å². The number of benzene rings is 1. The van der Waals surface area contributed by atoms with E-state index in [4.69, 9.17) is 0 Å². The topological polar surface area (TPSA) is 85.0 Å². The zero-order chi connectivity index (χ0) is 18.2. The van der Waals surface area contributed by atoms with Crippen molar-refractivity contribution in [3.8, 4) is 5.75 Å². The third-order valence-corrected chi connectivity index (χ3v) is 3.45. The van der Waals surface area contributed by atoms with Crippen LogP contribution in [0.25, 0.3) is 0 Å². The number of alkyl halides is 3. The Morgan fingerprint density at radius 3 is 2.56 bits per heavy atom. The number of aliphatic imine (C=N–C) groups is 1. The average molecular weight is 353 g/mol. The lowest BCUT2D eigenvalue weighted by molar-refractivity contribution is -0.425. The predicted molar refractivity (Wildman–Crippen MR) is 79.1 cm³/mol. The number of carbonyl (C=O) groups is 1. The number of ether oxygens (including phenoxy) is 1. The second-order valence-electron chi connectivity index (χ2n) is 5.32. The summed E-state index contributed by atoms with van der Waals surface area (Å²) in [5, 5.41) is 10.7. The van der Waals surface area contributed by atoms with Crippen molar-refractivity contribution in [1.29, 1.82) is 0 Å². The van der Waals surface area contributed by atoms with Gasteiger partial charge >= 0.3 is 12.2 Å². The minimum atomic E-state index is -4.76. The maximum absolute atomic E-state index is 12.1. The number of allylic oxidation sites excluding steroid dienone is 2. The Labute approximate surface area is 138 Å². The Bertz CT molecular complexity index is 825. The summed E-state index contributed by atoms with van der Waals surface area (Å²) >= 11 is 0. The molecule has 7 nitrogen and oxygen atoms in total. The molecule has 130 valence electrons. The van der Waals surface area contributed by atoms with Gasteiger partial charge in [-0.05, 0) is 27.6 Å². The van der Waals surface area contributed by atoms with Crippen molar-refractivity contribution in [2.75, 3.05) is 6.54 Å². The lowest BCUT2D eigenvalue weighted by Gasteiger charge is -2.23. The van der Waals surface area contributed by atoms with E-state index < -0.39 is 17.1 Å². The molecule has 0 N–H and O–H groups in total. The van der Waals surface area contributed by atoms with E-state index >= 15 is 0 Å². The largest absolute Gasteiger partial charge is 0.573 e. The van der Waals surface area contributed by atoms with Crippen molar-refractivity contribution in [2.45, 2.75) is 12.9 Å². The van der Waals surface area contributed by atoms with Gasteiger partial charge in [-0.25, -0.2) is 0 Å². The van der Waals surface area contributed by atoms with E-state index in [9.17, 15) is 28.1 Å². The fraction of sp³-hybridized carbons (Fsp3) is 0.200. The number of ketones is 1. The molecule has 0 saturated heterocycles. The highest BCUT2D eigenvalue weighted by Gasteiger charge is 2.35. The van der Waals surface area contributed by atoms with Gasteiger partial charge in [-0.1, -0.05) is 12.1 Å². The van der Waals surface area contributed by atoms with Crippen molar-refractivity contribution in [3.05, 3.63) is 63.6 Å². The van der Waals surface area contributed by atoms with Crippen LogP contribution in [0.5, 0.6) is 5.75 Å². The standard InChI is InChI=1S/C15H10F3N3O4/c16-15(17,18)25-11-3-1-9(2-4-11)6-20-7-10-5-13(21(23)24)19-14(10)12(22)8-20/h1-5,7H,6,8H2. The van der Waals surface area contributed by atoms with E-state index in [2.05, 4.69) is 9.73 Å². The summed E-state index contributed by atoms with van der Waals surface area (Å²) in [5.74, 6) is -1.10. The van der Waals surface area contributed by atoms with Crippen LogP contribution >= 0.6 is 0 Å². The second kappa shape index (κ2) is 6.04. The molecule has 10 heteroatoms. The van der Waals surface area contributed by atoms with E-state index in [-0.39, 0.29) is 30.3 Å². The van der Waals surface area contributed by atoms with Crippen LogP contribution in [0.3, 0.4) is 0 Å². The lowest BCUT2D eigenvalue weighted by atomic mass is 10.0. The first-order valence-corrected chi connectivity index (χ1v) is 7.00. The third kappa shape index (κ3) is 3.84. The van der Waals surface area contributed by atoms with E-state index in [1.54, 1.807) is 11.1 Å². The number of Topliss-reactive ketones (excluding diaryl/α,β-unsaturated/α-hetero) is 1. The van der Waals surface area contributed by atoms with Crippen LogP contribution in [0.4, 0.5) is 13.2 Å². The number of hydrogen-bond acceptors (Lipinski definition) is 6. The fourth-order valence-electron chi connectivity index (χ4n) is 2.47. The zero-order valence-corrected chi connectivity index (χ0v) is 12.5. The SMILES string of the molecule is O=C1CN(Cc2ccc(OC(F)(F)F)cc2)C=C2C=C([N+](=O)[O-])N=C12. The summed E-state index contributed by atoms with van der Waals surface area (Å²) in [6.45, 7) is 0.221. The third-order valence-electron chi connectivity index (χ3n) is 3.45. The number of rotatable bonds is 4. The van der Waals surface area contributed by atoms with Crippen LogP contribution in [0, 0.1) is 10.1 Å². The van der Waals surface area contributed by atoms with E-state index in [0.717, 1.165) is 0 Å². The summed E-state index contributed by atoms with van der Waals surface area (Å²) in [7, 11) is 0. The van der Waals surface area contributed by atoms with Gasteiger partial charge in [-0.2, -0.15) is 0 Å². The maximum Gasteiger partial charge on any atom is 0.573 e. The number of nitro groups is 1. The minimum absolute atomic E-state index is 0.0258. The van der Waals surface area contributed by atoms with Gasteiger partial charge in [0.15, 0.2) is 0 Å². The van der Waals surface area contributed by atoms with E-state index in [1.807, 2.05) is 0 Å². The summed E-state index contributed by atoms with van der Waals surface area (Å²) in [4.78, 5) is 27.4. The van der Waals surface area contributed by atoms with Crippen LogP contribution in [0.15, 0.2) is 52.9 Å². The smallest absolute Gasteiger partial charge is 0.406 e. The summed E-state index contributed by atoms with van der Waals surface area (Å²) in [6, 6.07) is 5.24. The quantitative estimate of drug-likeness (QED) is 0.613. The highest BCUT2D eigenvalue weighted by Crippen LogP contribution is 2.25. The predicted octanol–water partition coefficient (Wildman–Crippen LogP) is 2.43. The van der Waals surface area contributed by atoms with Crippen LogP contribution in [-0.2, 0) is 11.3 Å². The highest BCUT2D eigenvalue weighted by atomic mass is 19.4. The summed E-state index contributed by atoms with van der Waals surface area (Å²) in [5.41, 5.74) is 1.05. The zero-order valence-electron chi connectivity index (χ0n) is 12.5. The molecule has 0 aliphatic carbocycles. The monoisotopic (exact) mass is 353 g/mol. The number of halogens is 3. The van der Waals surface area contributed by atoms with Gasteiger partial charge in [-0.15, -0.1) is 13.2 Å². The maximum atomic E-state index is 12.1. The Morgan fingerprint density at radius 2 is 1.96 bits per heavy atom. The average Bonchev–Trinajstić information content (AvgIpc) is 2.93. The van der Waals surface area contributed by atoms with Gasteiger partial charge in [0.05, 0.1) is 12.1 Å². The molecule has 0 saturated carbocycles. The number of carbonyl (C=O) groups excluding carboxylic acids is 1. The molecule has 2 aliphatic rings. The van der Waals surface area contributed by atoms with Crippen molar-refractivity contribution >= 4 is 11.5 Å². The van der Waals surface area contributed by atoms with Crippen LogP contribution in [0.1, 0.15) is 5.56 Å². The Hall–Kier alpha value is -3.17. The molecule has 0 radical (unpaired) electrons. The molecule has 0 fully saturated rings. The van der Waals surface area contributed by atoms with Crippen molar-refractivity contribution in [2.24, 2.45) is 4.99 Å². The summed E-state index contributed by atoms with van der Waals surface area (Å²) in [6.07, 6.45) is -1.99. The molecule has 0 bridgehead atoms. The lowest BCUT2D eigenvalue weighted by Crippen LogP contribution is -2.34. The molecular formula is C15H10F3N3O4. The molecule has 1 aromatic rings. The van der Waals surface area contributed by atoms with E-state index in [1.165, 1.54) is 30.3 Å². The Balaban J connectivity index is 1.73. The fourth-order valence-corrected chi connectivity index (χ4v) is 2.47. The molecular weight excluding hydrogens is 343 g/mol. The van der Waals surface area contributed by atoms with Crippen LogP contribution < -0.4 is 4.74 Å². The van der Waals surface area contributed by atoms with Crippen LogP contribution in [0.2, 0.25) is 0 Å². The molecule has 1 aromatic carbocycles. The first-order chi connectivity index (χ1) is 11.7. The molecule has 2 aliphatic heterocycles.